The average Bonchev–Trinajstić information content (AvgIpc) is 3.33. The van der Waals surface area contributed by atoms with E-state index in [4.69, 9.17) is 23.2 Å². The van der Waals surface area contributed by atoms with E-state index in [0.717, 1.165) is 44.2 Å². The van der Waals surface area contributed by atoms with Gasteiger partial charge in [-0.1, -0.05) is 0 Å². The van der Waals surface area contributed by atoms with Crippen molar-refractivity contribution >= 4 is 40.8 Å². The lowest BCUT2D eigenvalue weighted by molar-refractivity contribution is -0.118. The largest absolute Gasteiger partial charge is 0.300 e. The van der Waals surface area contributed by atoms with Crippen LogP contribution < -0.4 is 4.90 Å². The monoisotopic (exact) mass is 373 g/mol. The van der Waals surface area contributed by atoms with Crippen LogP contribution >= 0.6 is 23.2 Å². The molecule has 1 aliphatic rings. The fraction of sp³-hybridized carbons (Fsp3) is 0.706. The SMILES string of the molecule is CN(C(=O)CCCCCl)c1cc(C2CC2)nn1C(=O)CCCCCl. The standard InChI is InChI=1S/C17H25Cl2N3O2/c1-21(16(23)6-2-4-10-18)15-12-14(13-8-9-13)20-22(15)17(24)7-3-5-11-19/h12-13H,2-11H2,1H3. The van der Waals surface area contributed by atoms with E-state index < -0.39 is 0 Å². The van der Waals surface area contributed by atoms with Gasteiger partial charge >= 0.3 is 0 Å². The van der Waals surface area contributed by atoms with Gasteiger partial charge in [-0.15, -0.1) is 23.2 Å². The highest BCUT2D eigenvalue weighted by Gasteiger charge is 2.30. The second kappa shape index (κ2) is 9.42. The summed E-state index contributed by atoms with van der Waals surface area (Å²) in [6.07, 6.45) is 6.10. The van der Waals surface area contributed by atoms with Gasteiger partial charge in [-0.25, -0.2) is 0 Å². The second-order valence-electron chi connectivity index (χ2n) is 6.25. The summed E-state index contributed by atoms with van der Waals surface area (Å²) >= 11 is 11.3. The van der Waals surface area contributed by atoms with Crippen molar-refractivity contribution in [3.63, 3.8) is 0 Å². The first-order chi connectivity index (χ1) is 11.6. The van der Waals surface area contributed by atoms with Crippen molar-refractivity contribution in [1.82, 2.24) is 9.78 Å². The van der Waals surface area contributed by atoms with Crippen LogP contribution in [0.4, 0.5) is 5.82 Å². The van der Waals surface area contributed by atoms with Crippen molar-refractivity contribution in [2.75, 3.05) is 23.7 Å². The maximum Gasteiger partial charge on any atom is 0.248 e. The van der Waals surface area contributed by atoms with Gasteiger partial charge in [0.1, 0.15) is 5.82 Å². The summed E-state index contributed by atoms with van der Waals surface area (Å²) in [7, 11) is 1.71. The molecule has 24 heavy (non-hydrogen) atoms. The van der Waals surface area contributed by atoms with Crippen molar-refractivity contribution < 1.29 is 9.59 Å². The molecular formula is C17H25Cl2N3O2. The smallest absolute Gasteiger partial charge is 0.248 e. The van der Waals surface area contributed by atoms with E-state index in [-0.39, 0.29) is 11.8 Å². The molecule has 0 radical (unpaired) electrons. The van der Waals surface area contributed by atoms with Crippen LogP contribution in [0.2, 0.25) is 0 Å². The molecule has 1 fully saturated rings. The summed E-state index contributed by atoms with van der Waals surface area (Å²) in [6, 6.07) is 1.89. The topological polar surface area (TPSA) is 55.2 Å². The van der Waals surface area contributed by atoms with Crippen LogP contribution in [-0.4, -0.2) is 40.4 Å². The molecule has 1 heterocycles. The number of carbonyl (C=O) groups excluding carboxylic acids is 2. The molecule has 1 aromatic heterocycles. The number of halogens is 2. The fourth-order valence-electron chi connectivity index (χ4n) is 2.53. The van der Waals surface area contributed by atoms with Gasteiger partial charge in [0, 0.05) is 43.6 Å². The number of amides is 1. The van der Waals surface area contributed by atoms with Gasteiger partial charge in [0.25, 0.3) is 0 Å². The normalized spacial score (nSPS) is 14.0. The molecule has 0 unspecified atom stereocenters. The summed E-state index contributed by atoms with van der Waals surface area (Å²) in [5.74, 6) is 2.01. The van der Waals surface area contributed by atoms with Crippen LogP contribution in [0.1, 0.15) is 67.8 Å². The Morgan fingerprint density at radius 2 is 1.79 bits per heavy atom. The Hall–Kier alpha value is -1.07. The number of aromatic nitrogens is 2. The summed E-state index contributed by atoms with van der Waals surface area (Å²) in [5, 5.41) is 4.47. The van der Waals surface area contributed by atoms with Gasteiger partial charge in [0.2, 0.25) is 11.8 Å². The molecule has 0 atom stereocenters. The molecule has 134 valence electrons. The molecule has 1 aromatic rings. The number of anilines is 1. The Morgan fingerprint density at radius 3 is 2.38 bits per heavy atom. The molecular weight excluding hydrogens is 349 g/mol. The Bertz CT molecular complexity index is 570. The summed E-state index contributed by atoms with van der Waals surface area (Å²) < 4.78 is 1.40. The molecule has 0 aliphatic heterocycles. The zero-order valence-electron chi connectivity index (χ0n) is 14.1. The van der Waals surface area contributed by atoms with Gasteiger partial charge in [-0.05, 0) is 38.5 Å². The van der Waals surface area contributed by atoms with Crippen molar-refractivity contribution in [3.05, 3.63) is 11.8 Å². The predicted octanol–water partition coefficient (Wildman–Crippen LogP) is 4.18. The van der Waals surface area contributed by atoms with E-state index in [1.165, 1.54) is 4.68 Å². The van der Waals surface area contributed by atoms with Gasteiger partial charge in [0.05, 0.1) is 5.69 Å². The minimum Gasteiger partial charge on any atom is -0.300 e. The highest BCUT2D eigenvalue weighted by molar-refractivity contribution is 6.18. The number of nitrogens with zero attached hydrogens (tertiary/aromatic N) is 3. The van der Waals surface area contributed by atoms with Gasteiger partial charge in [0.15, 0.2) is 0 Å². The minimum absolute atomic E-state index is 0.0165. The third-order valence-electron chi connectivity index (χ3n) is 4.21. The highest BCUT2D eigenvalue weighted by atomic mass is 35.5. The first-order valence-corrected chi connectivity index (χ1v) is 9.67. The van der Waals surface area contributed by atoms with Crippen LogP contribution in [0, 0.1) is 0 Å². The van der Waals surface area contributed by atoms with E-state index >= 15 is 0 Å². The number of rotatable bonds is 10. The Labute approximate surface area is 153 Å². The summed E-state index contributed by atoms with van der Waals surface area (Å²) in [4.78, 5) is 26.4. The predicted molar refractivity (Wildman–Crippen MR) is 97.4 cm³/mol. The van der Waals surface area contributed by atoms with E-state index in [0.29, 0.717) is 36.3 Å². The maximum absolute atomic E-state index is 12.5. The van der Waals surface area contributed by atoms with Crippen molar-refractivity contribution in [3.8, 4) is 0 Å². The number of hydrogen-bond donors (Lipinski definition) is 0. The molecule has 1 saturated carbocycles. The van der Waals surface area contributed by atoms with Crippen molar-refractivity contribution in [2.24, 2.45) is 0 Å². The Morgan fingerprint density at radius 1 is 1.17 bits per heavy atom. The van der Waals surface area contributed by atoms with Crippen molar-refractivity contribution in [1.29, 1.82) is 0 Å². The highest BCUT2D eigenvalue weighted by Crippen LogP contribution is 2.40. The Kier molecular flexibility index (Phi) is 7.56. The fourth-order valence-corrected chi connectivity index (χ4v) is 2.91. The molecule has 0 saturated heterocycles. The lowest BCUT2D eigenvalue weighted by Crippen LogP contribution is -2.30. The molecule has 7 heteroatoms. The van der Waals surface area contributed by atoms with Crippen LogP contribution in [0.25, 0.3) is 0 Å². The van der Waals surface area contributed by atoms with Gasteiger partial charge in [-0.2, -0.15) is 9.78 Å². The zero-order chi connectivity index (χ0) is 17.5. The molecule has 1 amide bonds. The number of carbonyl (C=O) groups is 2. The lowest BCUT2D eigenvalue weighted by Gasteiger charge is -2.17. The molecule has 2 rings (SSSR count). The van der Waals surface area contributed by atoms with E-state index in [2.05, 4.69) is 5.10 Å². The summed E-state index contributed by atoms with van der Waals surface area (Å²) in [5.41, 5.74) is 0.913. The lowest BCUT2D eigenvalue weighted by atomic mass is 10.2. The Balaban J connectivity index is 2.11. The van der Waals surface area contributed by atoms with E-state index in [1.54, 1.807) is 11.9 Å². The van der Waals surface area contributed by atoms with E-state index in [9.17, 15) is 9.59 Å². The molecule has 0 bridgehead atoms. The summed E-state index contributed by atoms with van der Waals surface area (Å²) in [6.45, 7) is 0. The van der Waals surface area contributed by atoms with Crippen LogP contribution in [0.3, 0.4) is 0 Å². The third-order valence-corrected chi connectivity index (χ3v) is 4.74. The molecule has 0 aromatic carbocycles. The first-order valence-electron chi connectivity index (χ1n) is 8.60. The number of hydrogen-bond acceptors (Lipinski definition) is 3. The number of unbranched alkanes of at least 4 members (excludes halogenated alkanes) is 2. The van der Waals surface area contributed by atoms with Crippen LogP contribution in [0.5, 0.6) is 0 Å². The number of alkyl halides is 2. The average molecular weight is 374 g/mol. The first kappa shape index (κ1) is 19.3. The minimum atomic E-state index is -0.0811. The third kappa shape index (κ3) is 5.21. The quantitative estimate of drug-likeness (QED) is 0.456. The van der Waals surface area contributed by atoms with Crippen LogP contribution in [-0.2, 0) is 4.79 Å². The molecule has 0 spiro atoms. The van der Waals surface area contributed by atoms with Gasteiger partial charge < -0.3 is 0 Å². The van der Waals surface area contributed by atoms with Crippen LogP contribution in [0.15, 0.2) is 6.07 Å². The molecule has 5 nitrogen and oxygen atoms in total. The van der Waals surface area contributed by atoms with Crippen molar-refractivity contribution in [2.45, 2.75) is 57.3 Å². The van der Waals surface area contributed by atoms with Gasteiger partial charge in [-0.3, -0.25) is 14.5 Å². The second-order valence-corrected chi connectivity index (χ2v) is 7.01. The maximum atomic E-state index is 12.5. The molecule has 1 aliphatic carbocycles. The zero-order valence-corrected chi connectivity index (χ0v) is 15.7. The molecule has 0 N–H and O–H groups in total. The van der Waals surface area contributed by atoms with E-state index in [1.807, 2.05) is 6.07 Å².